The second-order valence-corrected chi connectivity index (χ2v) is 17.8. The second kappa shape index (κ2) is 15.7. The number of benzene rings is 10. The van der Waals surface area contributed by atoms with Gasteiger partial charge in [-0.2, -0.15) is 0 Å². The molecule has 0 saturated carbocycles. The Bertz CT molecular complexity index is 4260. The maximum absolute atomic E-state index is 5.21. The zero-order chi connectivity index (χ0) is 45.4. The van der Waals surface area contributed by atoms with E-state index in [4.69, 9.17) is 9.97 Å². The highest BCUT2D eigenvalue weighted by molar-refractivity contribution is 6.19. The molecule has 14 aromatic rings. The Morgan fingerprint density at radius 1 is 0.217 bits per heavy atom. The third kappa shape index (κ3) is 6.32. The maximum Gasteiger partial charge on any atom is 0.160 e. The topological polar surface area (TPSA) is 40.6 Å². The third-order valence-corrected chi connectivity index (χ3v) is 13.9. The van der Waals surface area contributed by atoms with Crippen LogP contribution in [-0.4, -0.2) is 23.7 Å². The van der Waals surface area contributed by atoms with Gasteiger partial charge in [-0.3, -0.25) is 0 Å². The monoisotopic (exact) mass is 879 g/mol. The number of rotatable bonds is 7. The molecule has 0 aliphatic carbocycles. The van der Waals surface area contributed by atoms with Crippen LogP contribution in [0.3, 0.4) is 0 Å². The summed E-state index contributed by atoms with van der Waals surface area (Å²) in [5.41, 5.74) is 17.6. The fourth-order valence-electron chi connectivity index (χ4n) is 10.6. The Kier molecular flexibility index (Phi) is 8.83. The lowest BCUT2D eigenvalue weighted by atomic mass is 10.0. The molecule has 0 unspecified atom stereocenters. The normalized spacial score (nSPS) is 11.8. The van der Waals surface area contributed by atoms with Crippen LogP contribution in [-0.2, 0) is 0 Å². The molecule has 0 saturated heterocycles. The number of nitrogens with zero attached hydrogens (tertiary/aromatic N) is 5. The van der Waals surface area contributed by atoms with Gasteiger partial charge in [-0.1, -0.05) is 158 Å². The van der Waals surface area contributed by atoms with E-state index in [1.165, 1.54) is 65.5 Å². The minimum atomic E-state index is 0.685. The van der Waals surface area contributed by atoms with E-state index in [-0.39, 0.29) is 0 Å². The molecule has 0 bridgehead atoms. The summed E-state index contributed by atoms with van der Waals surface area (Å²) >= 11 is 0. The van der Waals surface area contributed by atoms with Crippen LogP contribution in [0, 0.1) is 0 Å². The molecule has 0 aliphatic rings. The molecule has 0 amide bonds. The summed E-state index contributed by atoms with van der Waals surface area (Å²) in [4.78, 5) is 10.4. The van der Waals surface area contributed by atoms with Crippen LogP contribution in [0.2, 0.25) is 0 Å². The van der Waals surface area contributed by atoms with Crippen molar-refractivity contribution < 1.29 is 0 Å². The van der Waals surface area contributed by atoms with Crippen molar-refractivity contribution in [1.82, 2.24) is 23.7 Å². The van der Waals surface area contributed by atoms with Crippen LogP contribution in [0.25, 0.3) is 128 Å². The van der Waals surface area contributed by atoms with E-state index in [1.807, 2.05) is 12.1 Å². The number of para-hydroxylation sites is 4. The number of hydrogen-bond donors (Lipinski definition) is 0. The van der Waals surface area contributed by atoms with Gasteiger partial charge in [-0.15, -0.1) is 0 Å². The van der Waals surface area contributed by atoms with Gasteiger partial charge in [0.05, 0.1) is 44.5 Å². The fraction of sp³-hybridized carbons (Fsp3) is 0. The van der Waals surface area contributed by atoms with E-state index in [0.29, 0.717) is 5.82 Å². The molecule has 322 valence electrons. The smallest absolute Gasteiger partial charge is 0.160 e. The van der Waals surface area contributed by atoms with Gasteiger partial charge < -0.3 is 13.7 Å². The molecule has 69 heavy (non-hydrogen) atoms. The zero-order valence-electron chi connectivity index (χ0n) is 37.4. The molecule has 5 nitrogen and oxygen atoms in total. The van der Waals surface area contributed by atoms with E-state index in [1.54, 1.807) is 0 Å². The first-order chi connectivity index (χ1) is 34.2. The SMILES string of the molecule is c1ccc(-c2ccc(-c3cc(-c4ccccc4)nc(-c4ccc(-n5c6ccccc6c6cc7c(cc65)c5ccccc5n7-c5ccc6c(c5)c5ccccc5n6-c5ccccc5)cc4)n3)cc2)cc1. The lowest BCUT2D eigenvalue weighted by molar-refractivity contribution is 1.16. The zero-order valence-corrected chi connectivity index (χ0v) is 37.4. The van der Waals surface area contributed by atoms with Crippen molar-refractivity contribution in [2.24, 2.45) is 0 Å². The molecule has 0 radical (unpaired) electrons. The molecular formula is C64H41N5. The van der Waals surface area contributed by atoms with Gasteiger partial charge in [0.1, 0.15) is 0 Å². The van der Waals surface area contributed by atoms with Crippen molar-refractivity contribution in [1.29, 1.82) is 0 Å². The summed E-state index contributed by atoms with van der Waals surface area (Å²) in [5.74, 6) is 0.685. The van der Waals surface area contributed by atoms with E-state index < -0.39 is 0 Å². The van der Waals surface area contributed by atoms with Crippen LogP contribution in [0.5, 0.6) is 0 Å². The van der Waals surface area contributed by atoms with E-state index >= 15 is 0 Å². The summed E-state index contributed by atoms with van der Waals surface area (Å²) in [6.07, 6.45) is 0. The largest absolute Gasteiger partial charge is 0.309 e. The maximum atomic E-state index is 5.21. The Morgan fingerprint density at radius 3 is 1.14 bits per heavy atom. The summed E-state index contributed by atoms with van der Waals surface area (Å²) in [6, 6.07) is 89.1. The Balaban J connectivity index is 0.905. The average Bonchev–Trinajstić information content (AvgIpc) is 4.06. The van der Waals surface area contributed by atoms with Gasteiger partial charge in [-0.05, 0) is 102 Å². The molecule has 0 fully saturated rings. The molecule has 5 heteroatoms. The van der Waals surface area contributed by atoms with Gasteiger partial charge >= 0.3 is 0 Å². The van der Waals surface area contributed by atoms with Crippen molar-refractivity contribution >= 4 is 65.4 Å². The van der Waals surface area contributed by atoms with Crippen LogP contribution in [0.15, 0.2) is 249 Å². The summed E-state index contributed by atoms with van der Waals surface area (Å²) in [5, 5.41) is 7.30. The molecule has 4 aromatic heterocycles. The average molecular weight is 880 g/mol. The molecule has 4 heterocycles. The Hall–Kier alpha value is -9.32. The van der Waals surface area contributed by atoms with Crippen LogP contribution < -0.4 is 0 Å². The van der Waals surface area contributed by atoms with Crippen molar-refractivity contribution in [3.63, 3.8) is 0 Å². The van der Waals surface area contributed by atoms with Crippen molar-refractivity contribution in [3.05, 3.63) is 249 Å². The summed E-state index contributed by atoms with van der Waals surface area (Å²) < 4.78 is 7.24. The van der Waals surface area contributed by atoms with Crippen molar-refractivity contribution in [2.75, 3.05) is 0 Å². The Labute approximate surface area is 398 Å². The minimum Gasteiger partial charge on any atom is -0.309 e. The van der Waals surface area contributed by atoms with Gasteiger partial charge in [0.2, 0.25) is 0 Å². The predicted molar refractivity (Wildman–Crippen MR) is 287 cm³/mol. The van der Waals surface area contributed by atoms with E-state index in [2.05, 4.69) is 250 Å². The molecule has 0 aliphatic heterocycles. The number of fused-ring (bicyclic) bond motifs is 9. The Morgan fingerprint density at radius 2 is 0.580 bits per heavy atom. The van der Waals surface area contributed by atoms with Gasteiger partial charge in [-0.25, -0.2) is 9.97 Å². The van der Waals surface area contributed by atoms with Gasteiger partial charge in [0.15, 0.2) is 5.82 Å². The number of aromatic nitrogens is 5. The molecule has 0 N–H and O–H groups in total. The first kappa shape index (κ1) is 38.9. The predicted octanol–water partition coefficient (Wildman–Crippen LogP) is 16.4. The van der Waals surface area contributed by atoms with Gasteiger partial charge in [0.25, 0.3) is 0 Å². The summed E-state index contributed by atoms with van der Waals surface area (Å²) in [6.45, 7) is 0. The lowest BCUT2D eigenvalue weighted by Gasteiger charge is -2.12. The third-order valence-electron chi connectivity index (χ3n) is 13.9. The van der Waals surface area contributed by atoms with Crippen molar-refractivity contribution in [2.45, 2.75) is 0 Å². The molecular weight excluding hydrogens is 839 g/mol. The minimum absolute atomic E-state index is 0.685. The van der Waals surface area contributed by atoms with E-state index in [0.717, 1.165) is 56.2 Å². The molecule has 10 aromatic carbocycles. The molecule has 0 atom stereocenters. The first-order valence-electron chi connectivity index (χ1n) is 23.5. The summed E-state index contributed by atoms with van der Waals surface area (Å²) in [7, 11) is 0. The van der Waals surface area contributed by atoms with Crippen LogP contribution >= 0.6 is 0 Å². The quantitative estimate of drug-likeness (QED) is 0.160. The van der Waals surface area contributed by atoms with Gasteiger partial charge in [0, 0.05) is 66.1 Å². The van der Waals surface area contributed by atoms with Crippen molar-refractivity contribution in [3.8, 4) is 62.1 Å². The first-order valence-corrected chi connectivity index (χ1v) is 23.5. The lowest BCUT2D eigenvalue weighted by Crippen LogP contribution is -1.97. The highest BCUT2D eigenvalue weighted by Crippen LogP contribution is 2.41. The standard InChI is InChI=1S/C64H41N5/c1-4-16-42(17-5-1)43-28-30-45(31-29-43)57-41-56(44-18-6-2-7-19-44)65-64(66-57)46-32-34-48(35-33-46)68-59-26-14-11-23-51(59)54-40-63-55(39-62(54)68)52-24-12-15-27-60(52)69(63)49-36-37-61-53(38-49)50-22-10-13-25-58(50)67(61)47-20-8-3-9-21-47/h1-41H. The van der Waals surface area contributed by atoms with E-state index in [9.17, 15) is 0 Å². The van der Waals surface area contributed by atoms with Crippen LogP contribution in [0.1, 0.15) is 0 Å². The van der Waals surface area contributed by atoms with Crippen LogP contribution in [0.4, 0.5) is 0 Å². The highest BCUT2D eigenvalue weighted by atomic mass is 15.0. The highest BCUT2D eigenvalue weighted by Gasteiger charge is 2.21. The fourth-order valence-corrected chi connectivity index (χ4v) is 10.6. The molecule has 0 spiro atoms. The molecule has 14 rings (SSSR count). The number of hydrogen-bond acceptors (Lipinski definition) is 2. The second-order valence-electron chi connectivity index (χ2n) is 17.8.